The molecule has 1 atom stereocenters. The summed E-state index contributed by atoms with van der Waals surface area (Å²) in [6, 6.07) is 10.4. The number of amides is 1. The van der Waals surface area contributed by atoms with E-state index in [-0.39, 0.29) is 6.61 Å². The number of carbonyl (C=O) groups is 2. The number of alkyl carbamates (subject to hydrolysis) is 1. The van der Waals surface area contributed by atoms with Crippen molar-refractivity contribution in [2.45, 2.75) is 32.9 Å². The fraction of sp³-hybridized carbons (Fsp3) is 0.429. The van der Waals surface area contributed by atoms with E-state index in [0.29, 0.717) is 12.3 Å². The molecule has 0 aliphatic rings. The monoisotopic (exact) mass is 247 g/mol. The number of nitrogens with one attached hydrogen (secondary N) is 1. The van der Waals surface area contributed by atoms with Crippen LogP contribution >= 0.6 is 0 Å². The Bertz CT molecular complexity index is 376. The molecule has 0 aliphatic heterocycles. The summed E-state index contributed by atoms with van der Waals surface area (Å²) in [5, 5.41) is 2.51. The zero-order valence-corrected chi connectivity index (χ0v) is 10.6. The first-order chi connectivity index (χ1) is 8.61. The van der Waals surface area contributed by atoms with Crippen LogP contribution in [0.1, 0.15) is 25.8 Å². The van der Waals surface area contributed by atoms with Gasteiger partial charge >= 0.3 is 6.09 Å². The molecule has 0 spiro atoms. The highest BCUT2D eigenvalue weighted by Crippen LogP contribution is 2.03. The number of hydrogen-bond donors (Lipinski definition) is 1. The molecule has 0 saturated heterocycles. The molecule has 1 amide bonds. The third-order valence-corrected chi connectivity index (χ3v) is 2.26. The standard InChI is InChI=1S/C14H17NO3/c1-11(2)8-13(9-16)15-14(17)18-10-12-6-4-3-5-7-12/h3-4,6,9,11,13H,8,10H2,1-2H3,(H,15,17). The lowest BCUT2D eigenvalue weighted by atomic mass is 10.1. The third kappa shape index (κ3) is 5.35. The lowest BCUT2D eigenvalue weighted by molar-refractivity contribution is -0.109. The van der Waals surface area contributed by atoms with Gasteiger partial charge in [0.25, 0.3) is 0 Å². The molecule has 0 saturated carbocycles. The molecule has 4 heteroatoms. The fourth-order valence-electron chi connectivity index (χ4n) is 1.47. The fourth-order valence-corrected chi connectivity index (χ4v) is 1.47. The van der Waals surface area contributed by atoms with Crippen molar-refractivity contribution in [3.8, 4) is 0 Å². The number of hydrogen-bond acceptors (Lipinski definition) is 3. The Morgan fingerprint density at radius 3 is 2.89 bits per heavy atom. The molecular formula is C14H17NO3. The summed E-state index contributed by atoms with van der Waals surface area (Å²) >= 11 is 0. The van der Waals surface area contributed by atoms with Gasteiger partial charge in [-0.25, -0.2) is 4.79 Å². The van der Waals surface area contributed by atoms with E-state index in [2.05, 4.69) is 17.4 Å². The summed E-state index contributed by atoms with van der Waals surface area (Å²) in [5.41, 5.74) is 0.735. The Morgan fingerprint density at radius 2 is 2.33 bits per heavy atom. The van der Waals surface area contributed by atoms with Gasteiger partial charge in [0, 0.05) is 5.56 Å². The lowest BCUT2D eigenvalue weighted by Gasteiger charge is -2.14. The van der Waals surface area contributed by atoms with Crippen LogP contribution in [0.15, 0.2) is 18.2 Å². The molecule has 1 N–H and O–H groups in total. The predicted molar refractivity (Wildman–Crippen MR) is 66.7 cm³/mol. The van der Waals surface area contributed by atoms with Crippen LogP contribution in [0.3, 0.4) is 0 Å². The molecule has 0 aliphatic carbocycles. The average molecular weight is 247 g/mol. The quantitative estimate of drug-likeness (QED) is 0.783. The van der Waals surface area contributed by atoms with E-state index >= 15 is 0 Å². The van der Waals surface area contributed by atoms with Gasteiger partial charge in [-0.15, -0.1) is 0 Å². The van der Waals surface area contributed by atoms with Crippen LogP contribution in [0.4, 0.5) is 4.79 Å². The molecule has 1 aromatic carbocycles. The maximum absolute atomic E-state index is 11.5. The maximum Gasteiger partial charge on any atom is 0.408 e. The second kappa shape index (κ2) is 7.33. The Balaban J connectivity index is 2.34. The summed E-state index contributed by atoms with van der Waals surface area (Å²) in [6.45, 7) is 4.09. The third-order valence-electron chi connectivity index (χ3n) is 2.26. The van der Waals surface area contributed by atoms with Crippen LogP contribution in [0, 0.1) is 18.1 Å². The molecule has 0 heterocycles. The first kappa shape index (κ1) is 14.0. The Hall–Kier alpha value is -2.02. The van der Waals surface area contributed by atoms with Crippen molar-refractivity contribution in [3.05, 3.63) is 35.9 Å². The molecule has 4 nitrogen and oxygen atoms in total. The zero-order valence-electron chi connectivity index (χ0n) is 10.6. The van der Waals surface area contributed by atoms with E-state index in [1.807, 2.05) is 13.8 Å². The first-order valence-electron chi connectivity index (χ1n) is 5.87. The van der Waals surface area contributed by atoms with E-state index in [1.54, 1.807) is 18.2 Å². The lowest BCUT2D eigenvalue weighted by Crippen LogP contribution is -2.37. The summed E-state index contributed by atoms with van der Waals surface area (Å²) in [4.78, 5) is 22.2. The van der Waals surface area contributed by atoms with Gasteiger partial charge in [-0.05, 0) is 24.5 Å². The maximum atomic E-state index is 11.5. The van der Waals surface area contributed by atoms with Gasteiger partial charge in [-0.1, -0.05) is 32.0 Å². The van der Waals surface area contributed by atoms with Crippen molar-refractivity contribution in [1.82, 2.24) is 5.32 Å². The van der Waals surface area contributed by atoms with Crippen molar-refractivity contribution in [1.29, 1.82) is 0 Å². The molecule has 0 aromatic heterocycles. The van der Waals surface area contributed by atoms with E-state index in [1.165, 1.54) is 0 Å². The van der Waals surface area contributed by atoms with Gasteiger partial charge in [-0.2, -0.15) is 0 Å². The highest BCUT2D eigenvalue weighted by Gasteiger charge is 2.13. The van der Waals surface area contributed by atoms with Crippen LogP contribution in [-0.4, -0.2) is 18.4 Å². The highest BCUT2D eigenvalue weighted by molar-refractivity contribution is 5.73. The van der Waals surface area contributed by atoms with Gasteiger partial charge < -0.3 is 14.8 Å². The minimum absolute atomic E-state index is 0.121. The Kier molecular flexibility index (Phi) is 5.72. The topological polar surface area (TPSA) is 55.4 Å². The predicted octanol–water partition coefficient (Wildman–Crippen LogP) is 2.13. The SMILES string of the molecule is CC(C)CC(C=O)NC(=O)OCc1c#cccc1. The molecule has 1 rings (SSSR count). The number of ether oxygens (including phenoxy) is 1. The van der Waals surface area contributed by atoms with E-state index in [9.17, 15) is 9.59 Å². The van der Waals surface area contributed by atoms with E-state index in [4.69, 9.17) is 4.74 Å². The zero-order chi connectivity index (χ0) is 13.4. The van der Waals surface area contributed by atoms with Gasteiger partial charge in [-0.3, -0.25) is 0 Å². The molecular weight excluding hydrogens is 230 g/mol. The van der Waals surface area contributed by atoms with Crippen LogP contribution in [-0.2, 0) is 16.1 Å². The van der Waals surface area contributed by atoms with Crippen molar-refractivity contribution in [2.75, 3.05) is 0 Å². The van der Waals surface area contributed by atoms with Gasteiger partial charge in [0.05, 0.1) is 6.04 Å². The van der Waals surface area contributed by atoms with Crippen LogP contribution < -0.4 is 5.32 Å². The Labute approximate surface area is 107 Å². The summed E-state index contributed by atoms with van der Waals surface area (Å²) in [6.07, 6.45) is 0.734. The van der Waals surface area contributed by atoms with Crippen LogP contribution in [0.25, 0.3) is 0 Å². The van der Waals surface area contributed by atoms with Crippen LogP contribution in [0.5, 0.6) is 0 Å². The smallest absolute Gasteiger partial charge is 0.408 e. The van der Waals surface area contributed by atoms with E-state index in [0.717, 1.165) is 11.8 Å². The normalized spacial score (nSPS) is 11.5. The first-order valence-corrected chi connectivity index (χ1v) is 5.87. The largest absolute Gasteiger partial charge is 0.444 e. The molecule has 18 heavy (non-hydrogen) atoms. The summed E-state index contributed by atoms with van der Waals surface area (Å²) in [7, 11) is 0. The highest BCUT2D eigenvalue weighted by atomic mass is 16.5. The summed E-state index contributed by atoms with van der Waals surface area (Å²) < 4.78 is 4.98. The van der Waals surface area contributed by atoms with Crippen molar-refractivity contribution in [3.63, 3.8) is 0 Å². The second-order valence-corrected chi connectivity index (χ2v) is 4.41. The summed E-state index contributed by atoms with van der Waals surface area (Å²) in [5.74, 6) is 0.331. The molecule has 96 valence electrons. The van der Waals surface area contributed by atoms with E-state index < -0.39 is 12.1 Å². The van der Waals surface area contributed by atoms with Crippen molar-refractivity contribution >= 4 is 12.4 Å². The number of carbonyl (C=O) groups excluding carboxylic acids is 2. The molecule has 1 unspecified atom stereocenters. The number of rotatable bonds is 6. The average Bonchev–Trinajstić information content (AvgIpc) is 2.36. The minimum atomic E-state index is -0.593. The molecule has 0 radical (unpaired) electrons. The minimum Gasteiger partial charge on any atom is -0.444 e. The van der Waals surface area contributed by atoms with Crippen LogP contribution in [0.2, 0.25) is 0 Å². The molecule has 0 fully saturated rings. The molecule has 0 bridgehead atoms. The Morgan fingerprint density at radius 1 is 1.56 bits per heavy atom. The van der Waals surface area contributed by atoms with Gasteiger partial charge in [0.2, 0.25) is 0 Å². The van der Waals surface area contributed by atoms with Crippen molar-refractivity contribution in [2.24, 2.45) is 5.92 Å². The number of aldehydes is 1. The molecule has 1 aromatic rings. The second-order valence-electron chi connectivity index (χ2n) is 4.41. The van der Waals surface area contributed by atoms with Gasteiger partial charge in [0.15, 0.2) is 0 Å². The van der Waals surface area contributed by atoms with Crippen molar-refractivity contribution < 1.29 is 14.3 Å². The van der Waals surface area contributed by atoms with Gasteiger partial charge in [0.1, 0.15) is 12.9 Å².